The van der Waals surface area contributed by atoms with Crippen LogP contribution in [-0.2, 0) is 9.53 Å². The highest BCUT2D eigenvalue weighted by atomic mass is 32.2. The number of nitrogens with zero attached hydrogens (tertiary/aromatic N) is 1. The van der Waals surface area contributed by atoms with Gasteiger partial charge in [0.05, 0.1) is 18.1 Å². The minimum absolute atomic E-state index is 0.0474. The second-order valence-electron chi connectivity index (χ2n) is 4.93. The Bertz CT molecular complexity index is 400. The van der Waals surface area contributed by atoms with Gasteiger partial charge in [-0.25, -0.2) is 4.98 Å². The predicted octanol–water partition coefficient (Wildman–Crippen LogP) is 1.99. The summed E-state index contributed by atoms with van der Waals surface area (Å²) < 4.78 is 5.03. The molecule has 1 saturated carbocycles. The molecule has 1 aliphatic carbocycles. The average molecular weight is 284 g/mol. The Morgan fingerprint density at radius 3 is 2.95 bits per heavy atom. The van der Waals surface area contributed by atoms with Gasteiger partial charge in [-0.2, -0.15) is 0 Å². The van der Waals surface area contributed by atoms with Crippen molar-refractivity contribution in [2.75, 3.05) is 12.4 Å². The number of ether oxygens (including phenoxy) is 1. The molecule has 1 aromatic rings. The molecule has 0 aliphatic heterocycles. The van der Waals surface area contributed by atoms with Crippen LogP contribution in [0.3, 0.4) is 0 Å². The van der Waals surface area contributed by atoms with E-state index in [2.05, 4.69) is 9.97 Å². The molecule has 0 saturated heterocycles. The summed E-state index contributed by atoms with van der Waals surface area (Å²) in [6, 6.07) is 0. The second kappa shape index (κ2) is 6.43. The molecule has 0 spiro atoms. The lowest BCUT2D eigenvalue weighted by Crippen LogP contribution is -2.38. The summed E-state index contributed by atoms with van der Waals surface area (Å²) in [5, 5.41) is 11.3. The third-order valence-electron chi connectivity index (χ3n) is 3.49. The molecule has 0 atom stereocenters. The highest BCUT2D eigenvalue weighted by Gasteiger charge is 2.36. The number of rotatable bonds is 5. The molecule has 6 heteroatoms. The largest absolute Gasteiger partial charge is 0.466 e. The molecule has 0 amide bonds. The highest BCUT2D eigenvalue weighted by Crippen LogP contribution is 2.35. The minimum Gasteiger partial charge on any atom is -0.466 e. The summed E-state index contributed by atoms with van der Waals surface area (Å²) in [6.45, 7) is 2.24. The maximum Gasteiger partial charge on any atom is 0.308 e. The van der Waals surface area contributed by atoms with E-state index in [1.807, 2.05) is 6.92 Å². The van der Waals surface area contributed by atoms with Crippen LogP contribution in [0.4, 0.5) is 0 Å². The van der Waals surface area contributed by atoms with E-state index >= 15 is 0 Å². The SMILES string of the molecule is CCOC(=O)C1CCC(O)(CSc2ncc[nH]2)CC1. The lowest BCUT2D eigenvalue weighted by molar-refractivity contribution is -0.150. The van der Waals surface area contributed by atoms with Crippen molar-refractivity contribution in [2.24, 2.45) is 5.92 Å². The van der Waals surface area contributed by atoms with Crippen LogP contribution in [-0.4, -0.2) is 39.0 Å². The lowest BCUT2D eigenvalue weighted by atomic mass is 9.80. The van der Waals surface area contributed by atoms with Crippen LogP contribution in [0, 0.1) is 5.92 Å². The Balaban J connectivity index is 1.79. The maximum atomic E-state index is 11.6. The van der Waals surface area contributed by atoms with E-state index in [1.54, 1.807) is 12.4 Å². The first-order valence-corrected chi connectivity index (χ1v) is 7.63. The van der Waals surface area contributed by atoms with Crippen LogP contribution in [0.25, 0.3) is 0 Å². The lowest BCUT2D eigenvalue weighted by Gasteiger charge is -2.34. The van der Waals surface area contributed by atoms with Gasteiger partial charge in [0.25, 0.3) is 0 Å². The molecule has 2 rings (SSSR count). The normalized spacial score (nSPS) is 27.2. The van der Waals surface area contributed by atoms with Crippen molar-refractivity contribution in [1.29, 1.82) is 0 Å². The van der Waals surface area contributed by atoms with Crippen LogP contribution >= 0.6 is 11.8 Å². The van der Waals surface area contributed by atoms with Crippen LogP contribution in [0.15, 0.2) is 17.6 Å². The van der Waals surface area contributed by atoms with Crippen molar-refractivity contribution >= 4 is 17.7 Å². The Morgan fingerprint density at radius 1 is 1.63 bits per heavy atom. The van der Waals surface area contributed by atoms with Crippen molar-refractivity contribution in [3.05, 3.63) is 12.4 Å². The van der Waals surface area contributed by atoms with Crippen LogP contribution in [0.5, 0.6) is 0 Å². The predicted molar refractivity (Wildman–Crippen MR) is 72.9 cm³/mol. The van der Waals surface area contributed by atoms with Gasteiger partial charge in [-0.3, -0.25) is 4.79 Å². The fourth-order valence-electron chi connectivity index (χ4n) is 2.33. The molecular weight excluding hydrogens is 264 g/mol. The Morgan fingerprint density at radius 2 is 2.37 bits per heavy atom. The van der Waals surface area contributed by atoms with E-state index in [4.69, 9.17) is 4.74 Å². The first-order chi connectivity index (χ1) is 9.13. The van der Waals surface area contributed by atoms with Crippen LogP contribution < -0.4 is 0 Å². The zero-order chi connectivity index (χ0) is 13.7. The number of H-pyrrole nitrogens is 1. The first kappa shape index (κ1) is 14.4. The summed E-state index contributed by atoms with van der Waals surface area (Å²) in [7, 11) is 0. The van der Waals surface area contributed by atoms with Gasteiger partial charge in [0.2, 0.25) is 0 Å². The van der Waals surface area contributed by atoms with Crippen molar-refractivity contribution < 1.29 is 14.6 Å². The van der Waals surface area contributed by atoms with Gasteiger partial charge < -0.3 is 14.8 Å². The topological polar surface area (TPSA) is 75.2 Å². The Kier molecular flexibility index (Phi) is 4.87. The maximum absolute atomic E-state index is 11.6. The van der Waals surface area contributed by atoms with Gasteiger partial charge in [-0.1, -0.05) is 11.8 Å². The van der Waals surface area contributed by atoms with Gasteiger partial charge in [-0.05, 0) is 32.6 Å². The molecular formula is C13H20N2O3S. The molecule has 1 aliphatic rings. The van der Waals surface area contributed by atoms with E-state index in [-0.39, 0.29) is 11.9 Å². The van der Waals surface area contributed by atoms with E-state index < -0.39 is 5.60 Å². The summed E-state index contributed by atoms with van der Waals surface area (Å²) in [5.41, 5.74) is -0.694. The third kappa shape index (κ3) is 3.98. The number of imidazole rings is 1. The molecule has 0 unspecified atom stereocenters. The molecule has 0 bridgehead atoms. The zero-order valence-electron chi connectivity index (χ0n) is 11.1. The minimum atomic E-state index is -0.694. The molecule has 2 N–H and O–H groups in total. The zero-order valence-corrected chi connectivity index (χ0v) is 11.9. The quantitative estimate of drug-likeness (QED) is 0.639. The fraction of sp³-hybridized carbons (Fsp3) is 0.692. The summed E-state index contributed by atoms with van der Waals surface area (Å²) >= 11 is 1.52. The molecule has 1 heterocycles. The Labute approximate surface area is 117 Å². The average Bonchev–Trinajstić information content (AvgIpc) is 2.91. The smallest absolute Gasteiger partial charge is 0.308 e. The van der Waals surface area contributed by atoms with E-state index in [1.165, 1.54) is 11.8 Å². The van der Waals surface area contributed by atoms with Crippen molar-refractivity contribution in [2.45, 2.75) is 43.4 Å². The number of thioether (sulfide) groups is 1. The molecule has 0 radical (unpaired) electrons. The number of hydrogen-bond donors (Lipinski definition) is 2. The number of aliphatic hydroxyl groups is 1. The van der Waals surface area contributed by atoms with Gasteiger partial charge in [0, 0.05) is 18.1 Å². The summed E-state index contributed by atoms with van der Waals surface area (Å²) in [4.78, 5) is 18.8. The monoisotopic (exact) mass is 284 g/mol. The molecule has 0 aromatic carbocycles. The Hall–Kier alpha value is -1.01. The number of aromatic amines is 1. The van der Waals surface area contributed by atoms with Gasteiger partial charge >= 0.3 is 5.97 Å². The molecule has 1 fully saturated rings. The standard InChI is InChI=1S/C13H20N2O3S/c1-2-18-11(16)10-3-5-13(17,6-4-10)9-19-12-14-7-8-15-12/h7-8,10,17H,2-6,9H2,1H3,(H,14,15). The van der Waals surface area contributed by atoms with Crippen LogP contribution in [0.2, 0.25) is 0 Å². The fourth-order valence-corrected chi connectivity index (χ4v) is 3.31. The number of nitrogens with one attached hydrogen (secondary N) is 1. The number of carbonyl (C=O) groups excluding carboxylic acids is 1. The molecule has 5 nitrogen and oxygen atoms in total. The molecule has 1 aromatic heterocycles. The first-order valence-electron chi connectivity index (χ1n) is 6.64. The number of hydrogen-bond acceptors (Lipinski definition) is 5. The third-order valence-corrected chi connectivity index (χ3v) is 4.67. The van der Waals surface area contributed by atoms with Gasteiger partial charge in [-0.15, -0.1) is 0 Å². The summed E-state index contributed by atoms with van der Waals surface area (Å²) in [5.74, 6) is 0.438. The number of aromatic nitrogens is 2. The van der Waals surface area contributed by atoms with Gasteiger partial charge in [0.15, 0.2) is 5.16 Å². The highest BCUT2D eigenvalue weighted by molar-refractivity contribution is 7.99. The molecule has 19 heavy (non-hydrogen) atoms. The van der Waals surface area contributed by atoms with E-state index in [9.17, 15) is 9.90 Å². The number of esters is 1. The van der Waals surface area contributed by atoms with Crippen LogP contribution in [0.1, 0.15) is 32.6 Å². The summed E-state index contributed by atoms with van der Waals surface area (Å²) in [6.07, 6.45) is 6.16. The van der Waals surface area contributed by atoms with Crippen molar-refractivity contribution in [1.82, 2.24) is 9.97 Å². The number of carbonyl (C=O) groups is 1. The van der Waals surface area contributed by atoms with E-state index in [0.29, 0.717) is 38.0 Å². The van der Waals surface area contributed by atoms with Gasteiger partial charge in [0.1, 0.15) is 0 Å². The van der Waals surface area contributed by atoms with Crippen molar-refractivity contribution in [3.8, 4) is 0 Å². The second-order valence-corrected chi connectivity index (χ2v) is 5.90. The van der Waals surface area contributed by atoms with Crippen molar-refractivity contribution in [3.63, 3.8) is 0 Å². The van der Waals surface area contributed by atoms with E-state index in [0.717, 1.165) is 5.16 Å². The molecule has 106 valence electrons.